The van der Waals surface area contributed by atoms with Gasteiger partial charge in [-0.3, -0.25) is 9.59 Å². The van der Waals surface area contributed by atoms with Crippen molar-refractivity contribution in [3.05, 3.63) is 70.5 Å². The van der Waals surface area contributed by atoms with Gasteiger partial charge in [0.25, 0.3) is 0 Å². The summed E-state index contributed by atoms with van der Waals surface area (Å²) < 4.78 is 5.79. The first-order valence-electron chi connectivity index (χ1n) is 17.0. The normalized spacial score (nSPS) is 18.2. The van der Waals surface area contributed by atoms with Crippen LogP contribution >= 0.6 is 15.9 Å². The quantitative estimate of drug-likeness (QED) is 0.118. The van der Waals surface area contributed by atoms with Gasteiger partial charge in [0.2, 0.25) is 11.8 Å². The number of hydrogen-bond acceptors (Lipinski definition) is 5. The number of carbonyl (C=O) groups excluding carboxylic acids is 4. The zero-order valence-electron chi connectivity index (χ0n) is 28.8. The number of piperidine rings is 1. The molecule has 1 fully saturated rings. The van der Waals surface area contributed by atoms with E-state index in [1.165, 1.54) is 7.11 Å². The Balaban J connectivity index is 1.42. The second-order valence-electron chi connectivity index (χ2n) is 13.5. The first-order chi connectivity index (χ1) is 23.5. The maximum atomic E-state index is 14.2. The molecular weight excluding hydrogens is 688 g/mol. The fraction of sp³-hybridized carbons (Fsp3) is 0.459. The topological polar surface area (TPSA) is 148 Å². The summed E-state index contributed by atoms with van der Waals surface area (Å²) in [5.74, 6) is -1.54. The molecule has 262 valence electrons. The number of urea groups is 1. The van der Waals surface area contributed by atoms with Crippen molar-refractivity contribution in [2.45, 2.75) is 96.4 Å². The summed E-state index contributed by atoms with van der Waals surface area (Å²) in [6.45, 7) is 8.02. The lowest BCUT2D eigenvalue weighted by molar-refractivity contribution is -0.145. The van der Waals surface area contributed by atoms with Gasteiger partial charge in [0.15, 0.2) is 0 Å². The van der Waals surface area contributed by atoms with Gasteiger partial charge in [0, 0.05) is 52.9 Å². The van der Waals surface area contributed by atoms with Crippen molar-refractivity contribution in [2.75, 3.05) is 7.11 Å². The Morgan fingerprint density at radius 1 is 0.857 bits per heavy atom. The highest BCUT2D eigenvalue weighted by atomic mass is 79.9. The molecule has 2 aromatic heterocycles. The molecule has 4 aromatic rings. The molecule has 0 radical (unpaired) electrons. The van der Waals surface area contributed by atoms with Crippen LogP contribution < -0.4 is 16.0 Å². The number of H-pyrrole nitrogens is 2. The van der Waals surface area contributed by atoms with E-state index in [0.717, 1.165) is 52.2 Å². The number of nitrogens with zero attached hydrogens (tertiary/aromatic N) is 1. The Hall–Kier alpha value is -4.32. The Bertz CT molecular complexity index is 1790. The number of methoxy groups -OCH3 is 1. The third kappa shape index (κ3) is 8.46. The third-order valence-corrected chi connectivity index (χ3v) is 10.1. The summed E-state index contributed by atoms with van der Waals surface area (Å²) in [5.41, 5.74) is 3.42. The number of rotatable bonds is 12. The number of aromatic nitrogens is 2. The molecule has 0 bridgehead atoms. The zero-order chi connectivity index (χ0) is 35.2. The van der Waals surface area contributed by atoms with Crippen LogP contribution in [0.25, 0.3) is 21.8 Å². The number of nitrogens with one attached hydrogen (secondary N) is 5. The van der Waals surface area contributed by atoms with Crippen LogP contribution in [0.5, 0.6) is 0 Å². The average molecular weight is 736 g/mol. The summed E-state index contributed by atoms with van der Waals surface area (Å²) in [5, 5.41) is 10.6. The third-order valence-electron chi connectivity index (χ3n) is 9.45. The fourth-order valence-corrected chi connectivity index (χ4v) is 7.52. The molecule has 5 N–H and O–H groups in total. The van der Waals surface area contributed by atoms with Gasteiger partial charge < -0.3 is 35.6 Å². The highest BCUT2D eigenvalue weighted by molar-refractivity contribution is 9.10. The number of fused-ring (bicyclic) bond motifs is 2. The molecule has 12 heteroatoms. The highest BCUT2D eigenvalue weighted by Crippen LogP contribution is 2.28. The van der Waals surface area contributed by atoms with Crippen molar-refractivity contribution < 1.29 is 23.9 Å². The van der Waals surface area contributed by atoms with Crippen molar-refractivity contribution in [1.29, 1.82) is 0 Å². The smallest absolute Gasteiger partial charge is 0.328 e. The number of halogens is 1. The Morgan fingerprint density at radius 2 is 1.47 bits per heavy atom. The van der Waals surface area contributed by atoms with Crippen molar-refractivity contribution in [1.82, 2.24) is 30.8 Å². The molecule has 5 rings (SSSR count). The van der Waals surface area contributed by atoms with Crippen LogP contribution in [0.3, 0.4) is 0 Å². The minimum absolute atomic E-state index is 0.0525. The van der Waals surface area contributed by atoms with Crippen LogP contribution in [-0.4, -0.2) is 76.0 Å². The van der Waals surface area contributed by atoms with E-state index in [4.69, 9.17) is 4.74 Å². The lowest BCUT2D eigenvalue weighted by Crippen LogP contribution is -2.59. The van der Waals surface area contributed by atoms with Gasteiger partial charge in [-0.15, -0.1) is 0 Å². The van der Waals surface area contributed by atoms with Crippen LogP contribution in [0, 0.1) is 5.92 Å². The number of ether oxygens (including phenoxy) is 1. The number of esters is 1. The molecule has 4 amide bonds. The van der Waals surface area contributed by atoms with E-state index in [2.05, 4.69) is 41.8 Å². The van der Waals surface area contributed by atoms with Gasteiger partial charge >= 0.3 is 12.0 Å². The van der Waals surface area contributed by atoms with Gasteiger partial charge in [-0.25, -0.2) is 9.59 Å². The molecule has 49 heavy (non-hydrogen) atoms. The van der Waals surface area contributed by atoms with Gasteiger partial charge in [-0.05, 0) is 84.6 Å². The first kappa shape index (κ1) is 36.0. The van der Waals surface area contributed by atoms with Gasteiger partial charge in [0.1, 0.15) is 18.1 Å². The standard InChI is InChI=1S/C37H47BrN6O5/c1-21(2)17-30(43-37(48)44-22(3)11-10-12-23(44)4)34(45)41-31(19-27-26-14-7-9-16-29(26)40-33(27)38)35(46)42-32(36(47)49-5)18-24-20-39-28-15-8-6-13-25(24)28/h6-9,13-16,20-23,30-32,39-40H,10-12,17-19H2,1-5H3,(H,41,45)(H,42,46)(H,43,48)/t22-,23+,30-,31+,32+/m0/s1. The number of benzene rings is 2. The van der Waals surface area contributed by atoms with E-state index in [0.29, 0.717) is 11.0 Å². The van der Waals surface area contributed by atoms with Gasteiger partial charge in [-0.2, -0.15) is 0 Å². The highest BCUT2D eigenvalue weighted by Gasteiger charge is 2.35. The molecule has 2 aromatic carbocycles. The molecule has 0 aliphatic carbocycles. The lowest BCUT2D eigenvalue weighted by atomic mass is 9.97. The predicted molar refractivity (Wildman–Crippen MR) is 194 cm³/mol. The molecule has 11 nitrogen and oxygen atoms in total. The number of aromatic amines is 2. The number of amides is 4. The molecule has 0 unspecified atom stereocenters. The molecule has 0 saturated carbocycles. The van der Waals surface area contributed by atoms with E-state index < -0.39 is 35.9 Å². The van der Waals surface area contributed by atoms with E-state index in [1.807, 2.05) is 87.3 Å². The largest absolute Gasteiger partial charge is 0.467 e. The van der Waals surface area contributed by atoms with Crippen molar-refractivity contribution >= 4 is 61.6 Å². The lowest BCUT2D eigenvalue weighted by Gasteiger charge is -2.39. The summed E-state index contributed by atoms with van der Waals surface area (Å²) in [6.07, 6.45) is 5.35. The SMILES string of the molecule is COC(=O)[C@@H](Cc1c[nH]c2ccccc12)NC(=O)[C@@H](Cc1c(Br)[nH]c2ccccc12)NC(=O)[C@H](CC(C)C)NC(=O)N1[C@H](C)CCC[C@@H]1C. The maximum Gasteiger partial charge on any atom is 0.328 e. The van der Waals surface area contributed by atoms with E-state index in [1.54, 1.807) is 0 Å². The molecule has 1 aliphatic rings. The van der Waals surface area contributed by atoms with E-state index >= 15 is 0 Å². The van der Waals surface area contributed by atoms with Gasteiger partial charge in [0.05, 0.1) is 11.7 Å². The predicted octanol–water partition coefficient (Wildman–Crippen LogP) is 5.73. The molecule has 3 heterocycles. The summed E-state index contributed by atoms with van der Waals surface area (Å²) in [7, 11) is 1.28. The van der Waals surface area contributed by atoms with Crippen molar-refractivity contribution in [2.24, 2.45) is 5.92 Å². The fourth-order valence-electron chi connectivity index (χ4n) is 6.93. The Kier molecular flexibility index (Phi) is 11.7. The summed E-state index contributed by atoms with van der Waals surface area (Å²) in [6, 6.07) is 12.3. The monoisotopic (exact) mass is 734 g/mol. The summed E-state index contributed by atoms with van der Waals surface area (Å²) in [4.78, 5) is 63.3. The zero-order valence-corrected chi connectivity index (χ0v) is 30.4. The van der Waals surface area contributed by atoms with E-state index in [-0.39, 0.29) is 36.9 Å². The van der Waals surface area contributed by atoms with Crippen LogP contribution in [0.4, 0.5) is 4.79 Å². The number of hydrogen-bond donors (Lipinski definition) is 5. The number of para-hydroxylation sites is 2. The van der Waals surface area contributed by atoms with Crippen LogP contribution in [0.15, 0.2) is 59.3 Å². The minimum Gasteiger partial charge on any atom is -0.467 e. The Morgan fingerprint density at radius 3 is 2.14 bits per heavy atom. The minimum atomic E-state index is -1.09. The Labute approximate surface area is 295 Å². The molecule has 5 atom stereocenters. The van der Waals surface area contributed by atoms with Crippen LogP contribution in [0.1, 0.15) is 64.5 Å². The van der Waals surface area contributed by atoms with Crippen LogP contribution in [-0.2, 0) is 32.0 Å². The molecule has 0 spiro atoms. The molecule has 1 saturated heterocycles. The van der Waals surface area contributed by atoms with Crippen molar-refractivity contribution in [3.63, 3.8) is 0 Å². The summed E-state index contributed by atoms with van der Waals surface area (Å²) >= 11 is 3.61. The van der Waals surface area contributed by atoms with Crippen molar-refractivity contribution in [3.8, 4) is 0 Å². The van der Waals surface area contributed by atoms with E-state index in [9.17, 15) is 19.2 Å². The first-order valence-corrected chi connectivity index (χ1v) is 17.8. The second-order valence-corrected chi connectivity index (χ2v) is 14.3. The molecular formula is C37H47BrN6O5. The maximum absolute atomic E-state index is 14.2. The average Bonchev–Trinajstić information content (AvgIpc) is 3.62. The number of likely N-dealkylation sites (tertiary alicyclic amines) is 1. The second kappa shape index (κ2) is 15.9. The van der Waals surface area contributed by atoms with Gasteiger partial charge in [-0.1, -0.05) is 50.2 Å². The van der Waals surface area contributed by atoms with Crippen LogP contribution in [0.2, 0.25) is 0 Å². The number of carbonyl (C=O) groups is 4. The molecule has 1 aliphatic heterocycles.